The second-order valence-corrected chi connectivity index (χ2v) is 12.4. The molecule has 0 aromatic rings. The van der Waals surface area contributed by atoms with E-state index >= 15 is 0 Å². The van der Waals surface area contributed by atoms with Crippen molar-refractivity contribution in [1.82, 2.24) is 0 Å². The Hall–Kier alpha value is -0.560. The largest absolute Gasteiger partial charge is 0.393 e. The van der Waals surface area contributed by atoms with E-state index in [2.05, 4.69) is 53.7 Å². The molecule has 0 heterocycles. The molecule has 0 bridgehead atoms. The van der Waals surface area contributed by atoms with Crippen LogP contribution in [0.5, 0.6) is 0 Å². The molecule has 0 radical (unpaired) electrons. The van der Waals surface area contributed by atoms with Crippen LogP contribution in [-0.4, -0.2) is 11.2 Å². The molecule has 1 heteroatoms. The molecule has 0 spiro atoms. The molecule has 0 aliphatic heterocycles. The van der Waals surface area contributed by atoms with Crippen LogP contribution in [0.2, 0.25) is 0 Å². The summed E-state index contributed by atoms with van der Waals surface area (Å²) in [6.45, 7) is 14.7. The first-order valence-corrected chi connectivity index (χ1v) is 13.2. The van der Waals surface area contributed by atoms with Gasteiger partial charge in [-0.05, 0) is 117 Å². The molecule has 4 aliphatic carbocycles. The minimum atomic E-state index is -0.0449. The van der Waals surface area contributed by atoms with Crippen molar-refractivity contribution in [3.8, 4) is 0 Å². The van der Waals surface area contributed by atoms with Crippen LogP contribution in [-0.2, 0) is 0 Å². The molecule has 170 valence electrons. The predicted octanol–water partition coefficient (Wildman–Crippen LogP) is 7.94. The van der Waals surface area contributed by atoms with Crippen molar-refractivity contribution in [3.63, 3.8) is 0 Å². The Morgan fingerprint density at radius 2 is 1.77 bits per heavy atom. The molecule has 4 aliphatic rings. The average Bonchev–Trinajstić information content (AvgIpc) is 3.06. The molecule has 0 amide bonds. The maximum atomic E-state index is 10.3. The zero-order chi connectivity index (χ0) is 21.7. The first kappa shape index (κ1) is 22.6. The maximum absolute atomic E-state index is 10.3. The third kappa shape index (κ3) is 3.66. The van der Waals surface area contributed by atoms with E-state index in [1.54, 1.807) is 5.57 Å². The van der Waals surface area contributed by atoms with Gasteiger partial charge in [-0.3, -0.25) is 0 Å². The van der Waals surface area contributed by atoms with Gasteiger partial charge in [0.05, 0.1) is 6.10 Å². The van der Waals surface area contributed by atoms with Crippen molar-refractivity contribution in [2.75, 3.05) is 0 Å². The Labute approximate surface area is 186 Å². The van der Waals surface area contributed by atoms with Crippen LogP contribution in [0.25, 0.3) is 0 Å². The summed E-state index contributed by atoms with van der Waals surface area (Å²) in [6, 6.07) is 0. The van der Waals surface area contributed by atoms with Crippen LogP contribution in [0.1, 0.15) is 106 Å². The standard InChI is InChI=1S/C29H48O/c1-7-21(19(2)3)9-8-20(4)25-12-13-26-24-11-10-22-18-23(30)14-16-28(22,5)27(24)15-17-29(25,26)6/h7,11,19-20,22-23,25-27,30H,8-10,12-18H2,1-6H3/b21-7+/t20-,22?,23?,25-,26+,27+,28+,29-/m1/s1. The van der Waals surface area contributed by atoms with E-state index in [4.69, 9.17) is 0 Å². The van der Waals surface area contributed by atoms with Crippen molar-refractivity contribution in [2.24, 2.45) is 46.3 Å². The molecule has 1 nitrogen and oxygen atoms in total. The monoisotopic (exact) mass is 412 g/mol. The first-order valence-electron chi connectivity index (χ1n) is 13.2. The van der Waals surface area contributed by atoms with E-state index < -0.39 is 0 Å². The molecule has 0 aromatic carbocycles. The van der Waals surface area contributed by atoms with Gasteiger partial charge in [-0.2, -0.15) is 0 Å². The van der Waals surface area contributed by atoms with E-state index in [0.717, 1.165) is 36.5 Å². The molecule has 8 atom stereocenters. The number of aliphatic hydroxyl groups excluding tert-OH is 1. The first-order chi connectivity index (χ1) is 14.2. The predicted molar refractivity (Wildman–Crippen MR) is 128 cm³/mol. The van der Waals surface area contributed by atoms with Gasteiger partial charge in [-0.15, -0.1) is 0 Å². The van der Waals surface area contributed by atoms with Crippen LogP contribution in [0, 0.1) is 46.3 Å². The number of allylic oxidation sites excluding steroid dienone is 4. The van der Waals surface area contributed by atoms with Gasteiger partial charge in [0, 0.05) is 0 Å². The molecule has 2 unspecified atom stereocenters. The fourth-order valence-electron chi connectivity index (χ4n) is 8.83. The highest BCUT2D eigenvalue weighted by Gasteiger charge is 2.58. The summed E-state index contributed by atoms with van der Waals surface area (Å²) in [6.07, 6.45) is 17.9. The highest BCUT2D eigenvalue weighted by atomic mass is 16.3. The molecule has 0 aromatic heterocycles. The van der Waals surface area contributed by atoms with Crippen molar-refractivity contribution < 1.29 is 5.11 Å². The topological polar surface area (TPSA) is 20.2 Å². The van der Waals surface area contributed by atoms with Crippen molar-refractivity contribution in [3.05, 3.63) is 23.3 Å². The third-order valence-corrected chi connectivity index (χ3v) is 10.8. The van der Waals surface area contributed by atoms with Crippen molar-refractivity contribution >= 4 is 0 Å². The average molecular weight is 413 g/mol. The van der Waals surface area contributed by atoms with Gasteiger partial charge in [0.1, 0.15) is 0 Å². The van der Waals surface area contributed by atoms with Gasteiger partial charge in [0.25, 0.3) is 0 Å². The second kappa shape index (κ2) is 8.42. The minimum Gasteiger partial charge on any atom is -0.393 e. The molecule has 3 fully saturated rings. The van der Waals surface area contributed by atoms with Crippen LogP contribution >= 0.6 is 0 Å². The number of hydrogen-bond acceptors (Lipinski definition) is 1. The summed E-state index contributed by atoms with van der Waals surface area (Å²) >= 11 is 0. The highest BCUT2D eigenvalue weighted by molar-refractivity contribution is 5.27. The van der Waals surface area contributed by atoms with E-state index in [-0.39, 0.29) is 6.10 Å². The van der Waals surface area contributed by atoms with Gasteiger partial charge in [-0.1, -0.05) is 57.9 Å². The normalized spacial score (nSPS) is 44.9. The van der Waals surface area contributed by atoms with Crippen LogP contribution < -0.4 is 0 Å². The Balaban J connectivity index is 1.50. The fraction of sp³-hybridized carbons (Fsp3) is 0.862. The zero-order valence-electron chi connectivity index (χ0n) is 20.7. The lowest BCUT2D eigenvalue weighted by Crippen LogP contribution is -2.49. The lowest BCUT2D eigenvalue weighted by Gasteiger charge is -2.57. The van der Waals surface area contributed by atoms with Gasteiger partial charge in [0.2, 0.25) is 0 Å². The summed E-state index contributed by atoms with van der Waals surface area (Å²) in [4.78, 5) is 0. The van der Waals surface area contributed by atoms with E-state index in [1.165, 1.54) is 51.4 Å². The summed E-state index contributed by atoms with van der Waals surface area (Å²) in [5.74, 6) is 4.77. The number of aliphatic hydroxyl groups is 1. The summed E-state index contributed by atoms with van der Waals surface area (Å²) in [5.41, 5.74) is 4.49. The van der Waals surface area contributed by atoms with E-state index in [0.29, 0.717) is 22.7 Å². The van der Waals surface area contributed by atoms with Crippen LogP contribution in [0.15, 0.2) is 23.3 Å². The highest BCUT2D eigenvalue weighted by Crippen LogP contribution is 2.67. The molecule has 1 N–H and O–H groups in total. The Morgan fingerprint density at radius 3 is 2.47 bits per heavy atom. The van der Waals surface area contributed by atoms with Crippen LogP contribution in [0.3, 0.4) is 0 Å². The Morgan fingerprint density at radius 1 is 1.07 bits per heavy atom. The molecular weight excluding hydrogens is 364 g/mol. The molecule has 3 saturated carbocycles. The lowest BCUT2D eigenvalue weighted by atomic mass is 9.47. The lowest BCUT2D eigenvalue weighted by molar-refractivity contribution is -0.0427. The SMILES string of the molecule is C/C=C(\CC[C@@H](C)[C@H]1CC[C@H]2C3=CCC4CC(O)CC[C@]4(C)[C@H]3CC[C@]12C)C(C)C. The second-order valence-electron chi connectivity index (χ2n) is 12.4. The fourth-order valence-corrected chi connectivity index (χ4v) is 8.83. The zero-order valence-corrected chi connectivity index (χ0v) is 20.7. The van der Waals surface area contributed by atoms with Crippen molar-refractivity contribution in [1.29, 1.82) is 0 Å². The van der Waals surface area contributed by atoms with Crippen molar-refractivity contribution in [2.45, 2.75) is 112 Å². The molecular formula is C29H48O. The van der Waals surface area contributed by atoms with Crippen LogP contribution in [0.4, 0.5) is 0 Å². The maximum Gasteiger partial charge on any atom is 0.0543 e. The quantitative estimate of drug-likeness (QED) is 0.454. The van der Waals surface area contributed by atoms with Gasteiger partial charge < -0.3 is 5.11 Å². The van der Waals surface area contributed by atoms with Gasteiger partial charge in [0.15, 0.2) is 0 Å². The van der Waals surface area contributed by atoms with Gasteiger partial charge >= 0.3 is 0 Å². The number of hydrogen-bond donors (Lipinski definition) is 1. The van der Waals surface area contributed by atoms with E-state index in [1.807, 2.05) is 5.57 Å². The number of fused-ring (bicyclic) bond motifs is 5. The smallest absolute Gasteiger partial charge is 0.0543 e. The molecule has 0 saturated heterocycles. The Kier molecular flexibility index (Phi) is 6.35. The summed E-state index contributed by atoms with van der Waals surface area (Å²) in [7, 11) is 0. The minimum absolute atomic E-state index is 0.0449. The summed E-state index contributed by atoms with van der Waals surface area (Å²) < 4.78 is 0. The molecule has 30 heavy (non-hydrogen) atoms. The van der Waals surface area contributed by atoms with Gasteiger partial charge in [-0.25, -0.2) is 0 Å². The van der Waals surface area contributed by atoms with E-state index in [9.17, 15) is 5.11 Å². The summed E-state index contributed by atoms with van der Waals surface area (Å²) in [5, 5.41) is 10.3. The molecule has 4 rings (SSSR count). The third-order valence-electron chi connectivity index (χ3n) is 10.8. The Bertz CT molecular complexity index is 686. The number of rotatable bonds is 5.